The van der Waals surface area contributed by atoms with Crippen LogP contribution in [0.5, 0.6) is 0 Å². The van der Waals surface area contributed by atoms with E-state index in [2.05, 4.69) is 140 Å². The molecule has 1 aliphatic carbocycles. The summed E-state index contributed by atoms with van der Waals surface area (Å²) in [6, 6.07) is 69.6. The first kappa shape index (κ1) is 33.5. The van der Waals surface area contributed by atoms with Gasteiger partial charge < -0.3 is 8.83 Å². The Bertz CT molecular complexity index is 3340. The van der Waals surface area contributed by atoms with Crippen LogP contribution in [-0.2, 0) is 5.41 Å². The van der Waals surface area contributed by atoms with Gasteiger partial charge in [0.1, 0.15) is 11.0 Å². The number of hydrogen-bond acceptors (Lipinski definition) is 5. The van der Waals surface area contributed by atoms with Gasteiger partial charge in [0.05, 0.1) is 5.41 Å². The summed E-state index contributed by atoms with van der Waals surface area (Å²) < 4.78 is 12.5. The number of rotatable bonds is 4. The first-order valence-electron chi connectivity index (χ1n) is 20.2. The van der Waals surface area contributed by atoms with E-state index in [9.17, 15) is 0 Å². The number of hydrogen-bond donors (Lipinski definition) is 0. The molecule has 0 saturated heterocycles. The highest BCUT2D eigenvalue weighted by molar-refractivity contribution is 7.99. The van der Waals surface area contributed by atoms with Crippen LogP contribution in [0.2, 0.25) is 0 Å². The van der Waals surface area contributed by atoms with Crippen LogP contribution in [0, 0.1) is 0 Å². The predicted octanol–water partition coefficient (Wildman–Crippen LogP) is 14.6. The molecule has 1 aliphatic heterocycles. The van der Waals surface area contributed by atoms with Gasteiger partial charge in [0, 0.05) is 20.9 Å². The van der Waals surface area contributed by atoms with E-state index in [0.29, 0.717) is 11.8 Å². The number of para-hydroxylation sites is 4. The number of fused-ring (bicyclic) bond motifs is 12. The van der Waals surface area contributed by atoms with E-state index in [1.807, 2.05) is 66.4 Å². The van der Waals surface area contributed by atoms with Crippen LogP contribution in [0.1, 0.15) is 22.3 Å². The minimum atomic E-state index is -0.429. The minimum absolute atomic E-state index is 0.429. The van der Waals surface area contributed by atoms with Crippen LogP contribution < -0.4 is 0 Å². The maximum atomic E-state index is 6.27. The molecule has 60 heavy (non-hydrogen) atoms. The first-order chi connectivity index (χ1) is 29.7. The van der Waals surface area contributed by atoms with Gasteiger partial charge in [-0.05, 0) is 139 Å². The van der Waals surface area contributed by atoms with Crippen LogP contribution in [-0.4, -0.2) is 9.97 Å². The van der Waals surface area contributed by atoms with Crippen molar-refractivity contribution in [3.63, 3.8) is 0 Å². The molecule has 0 atom stereocenters. The summed E-state index contributed by atoms with van der Waals surface area (Å²) in [4.78, 5) is 12.3. The van der Waals surface area contributed by atoms with Gasteiger partial charge in [0.15, 0.2) is 11.2 Å². The average Bonchev–Trinajstić information content (AvgIpc) is 4.02. The van der Waals surface area contributed by atoms with Crippen molar-refractivity contribution < 1.29 is 8.83 Å². The van der Waals surface area contributed by atoms with E-state index in [-0.39, 0.29) is 0 Å². The normalized spacial score (nSPS) is 13.4. The van der Waals surface area contributed by atoms with Gasteiger partial charge in [0.25, 0.3) is 0 Å². The molecule has 280 valence electrons. The third-order valence-corrected chi connectivity index (χ3v) is 13.5. The van der Waals surface area contributed by atoms with Crippen molar-refractivity contribution in [2.75, 3.05) is 0 Å². The largest absolute Gasteiger partial charge is 0.436 e. The molecule has 3 heterocycles. The Kier molecular flexibility index (Phi) is 7.13. The molecule has 0 N–H and O–H groups in total. The van der Waals surface area contributed by atoms with Crippen LogP contribution in [0.4, 0.5) is 0 Å². The van der Waals surface area contributed by atoms with Crippen LogP contribution >= 0.6 is 11.8 Å². The standard InChI is InChI=1S/C55H32N2O2S/c1-2-12-36-32-46-42(30-35(36)11-1)41-31-37(25-26-43(41)55(46)44-13-3-9-19-51(44)60-52-20-10-4-14-45(52)55)33-21-23-34(24-22-33)38-27-39(53-56-47-15-5-7-17-49(47)58-53)29-40(28-38)54-57-48-16-6-8-18-50(48)59-54/h1-32H. The van der Waals surface area contributed by atoms with Gasteiger partial charge in [-0.15, -0.1) is 0 Å². The number of oxazole rings is 2. The summed E-state index contributed by atoms with van der Waals surface area (Å²) >= 11 is 1.88. The smallest absolute Gasteiger partial charge is 0.227 e. The summed E-state index contributed by atoms with van der Waals surface area (Å²) in [5, 5.41) is 2.50. The van der Waals surface area contributed by atoms with E-state index in [4.69, 9.17) is 18.8 Å². The SMILES string of the molecule is c1ccc2c(c1)Sc1ccccc1C21c2ccc(-c3ccc(-c4cc(-c5nc6ccccc6o5)cc(-c5nc6ccccc6o5)c4)cc3)cc2-c2cc3ccccc3cc21. The molecule has 0 fully saturated rings. The molecule has 0 radical (unpaired) electrons. The Morgan fingerprint density at radius 1 is 0.350 bits per heavy atom. The van der Waals surface area contributed by atoms with Gasteiger partial charge in [-0.25, -0.2) is 9.97 Å². The van der Waals surface area contributed by atoms with Gasteiger partial charge in [-0.1, -0.05) is 133 Å². The Hall–Kier alpha value is -7.47. The second-order valence-electron chi connectivity index (χ2n) is 15.7. The molecule has 0 saturated carbocycles. The van der Waals surface area contributed by atoms with Crippen molar-refractivity contribution in [1.82, 2.24) is 9.97 Å². The number of aromatic nitrogens is 2. The second kappa shape index (κ2) is 12.8. The van der Waals surface area contributed by atoms with Crippen molar-refractivity contribution in [3.05, 3.63) is 216 Å². The van der Waals surface area contributed by atoms with Gasteiger partial charge in [-0.2, -0.15) is 0 Å². The lowest BCUT2D eigenvalue weighted by atomic mass is 9.67. The highest BCUT2D eigenvalue weighted by atomic mass is 32.2. The average molecular weight is 785 g/mol. The third-order valence-electron chi connectivity index (χ3n) is 12.4. The van der Waals surface area contributed by atoms with Crippen LogP contribution in [0.25, 0.3) is 89.3 Å². The lowest BCUT2D eigenvalue weighted by Gasteiger charge is -2.39. The Morgan fingerprint density at radius 3 is 1.45 bits per heavy atom. The fourth-order valence-electron chi connectivity index (χ4n) is 9.65. The second-order valence-corrected chi connectivity index (χ2v) is 16.8. The van der Waals surface area contributed by atoms with E-state index in [1.165, 1.54) is 59.5 Å². The van der Waals surface area contributed by atoms with E-state index >= 15 is 0 Å². The highest BCUT2D eigenvalue weighted by Gasteiger charge is 2.50. The molecule has 2 aliphatic rings. The van der Waals surface area contributed by atoms with Crippen molar-refractivity contribution in [2.45, 2.75) is 15.2 Å². The summed E-state index contributed by atoms with van der Waals surface area (Å²) in [7, 11) is 0. The molecule has 9 aromatic carbocycles. The van der Waals surface area contributed by atoms with E-state index in [0.717, 1.165) is 50.0 Å². The molecule has 11 aromatic rings. The topological polar surface area (TPSA) is 52.1 Å². The molecular weight excluding hydrogens is 753 g/mol. The van der Waals surface area contributed by atoms with Crippen molar-refractivity contribution in [2.24, 2.45) is 0 Å². The number of benzene rings is 9. The van der Waals surface area contributed by atoms with Crippen LogP contribution in [0.15, 0.2) is 213 Å². The fourth-order valence-corrected chi connectivity index (χ4v) is 10.8. The zero-order chi connectivity index (χ0) is 39.4. The van der Waals surface area contributed by atoms with Gasteiger partial charge in [-0.3, -0.25) is 0 Å². The van der Waals surface area contributed by atoms with E-state index in [1.54, 1.807) is 0 Å². The summed E-state index contributed by atoms with van der Waals surface area (Å²) in [5.74, 6) is 1.11. The van der Waals surface area contributed by atoms with Gasteiger partial charge >= 0.3 is 0 Å². The quantitative estimate of drug-likeness (QED) is 0.178. The lowest BCUT2D eigenvalue weighted by Crippen LogP contribution is -2.31. The third kappa shape index (κ3) is 4.93. The van der Waals surface area contributed by atoms with Crippen molar-refractivity contribution >= 4 is 44.7 Å². The molecule has 0 unspecified atom stereocenters. The predicted molar refractivity (Wildman–Crippen MR) is 242 cm³/mol. The van der Waals surface area contributed by atoms with Crippen LogP contribution in [0.3, 0.4) is 0 Å². The molecule has 1 spiro atoms. The lowest BCUT2D eigenvalue weighted by molar-refractivity contribution is 0.617. The Balaban J connectivity index is 0.954. The molecule has 0 amide bonds. The molecule has 5 heteroatoms. The zero-order valence-electron chi connectivity index (χ0n) is 32.1. The fraction of sp³-hybridized carbons (Fsp3) is 0.0182. The monoisotopic (exact) mass is 784 g/mol. The first-order valence-corrected chi connectivity index (χ1v) is 21.0. The van der Waals surface area contributed by atoms with Gasteiger partial charge in [0.2, 0.25) is 11.8 Å². The highest BCUT2D eigenvalue weighted by Crippen LogP contribution is 2.63. The summed E-state index contributed by atoms with van der Waals surface area (Å²) in [6.45, 7) is 0. The maximum Gasteiger partial charge on any atom is 0.227 e. The summed E-state index contributed by atoms with van der Waals surface area (Å²) in [6.07, 6.45) is 0. The van der Waals surface area contributed by atoms with E-state index < -0.39 is 5.41 Å². The molecular formula is C55H32N2O2S. The molecule has 2 aromatic heterocycles. The zero-order valence-corrected chi connectivity index (χ0v) is 32.9. The van der Waals surface area contributed by atoms with Crippen molar-refractivity contribution in [1.29, 1.82) is 0 Å². The maximum absolute atomic E-state index is 6.27. The molecule has 13 rings (SSSR count). The minimum Gasteiger partial charge on any atom is -0.436 e. The van der Waals surface area contributed by atoms with Crippen molar-refractivity contribution in [3.8, 4) is 56.3 Å². The molecule has 4 nitrogen and oxygen atoms in total. The molecule has 0 bridgehead atoms. The Morgan fingerprint density at radius 2 is 0.833 bits per heavy atom. The summed E-state index contributed by atoms with van der Waals surface area (Å²) in [5.41, 5.74) is 16.8. The number of nitrogens with zero attached hydrogens (tertiary/aromatic N) is 2. The Labute approximate surface area is 349 Å².